The van der Waals surface area contributed by atoms with Crippen LogP contribution in [0.3, 0.4) is 0 Å². The van der Waals surface area contributed by atoms with E-state index in [1.807, 2.05) is 0 Å². The second kappa shape index (κ2) is 7.85. The highest BCUT2D eigenvalue weighted by molar-refractivity contribution is 5.98. The zero-order valence-corrected chi connectivity index (χ0v) is 13.6. The van der Waals surface area contributed by atoms with Gasteiger partial charge in [-0.3, -0.25) is 14.9 Å². The summed E-state index contributed by atoms with van der Waals surface area (Å²) in [6.07, 6.45) is -5.03. The normalized spacial score (nSPS) is 12.3. The molecule has 1 atom stereocenters. The first-order valence-electron chi connectivity index (χ1n) is 7.53. The molecular formula is C17H13F3N2O5. The quantitative estimate of drug-likeness (QED) is 0.590. The molecule has 10 heteroatoms. The van der Waals surface area contributed by atoms with E-state index in [9.17, 15) is 38.0 Å². The lowest BCUT2D eigenvalue weighted by Crippen LogP contribution is -2.42. The van der Waals surface area contributed by atoms with E-state index in [-0.39, 0.29) is 12.1 Å². The first-order valence-corrected chi connectivity index (χ1v) is 7.53. The van der Waals surface area contributed by atoms with Crippen molar-refractivity contribution < 1.29 is 32.8 Å². The summed E-state index contributed by atoms with van der Waals surface area (Å²) in [5.74, 6) is -2.64. The van der Waals surface area contributed by atoms with Gasteiger partial charge in [-0.2, -0.15) is 13.2 Å². The molecule has 0 spiro atoms. The van der Waals surface area contributed by atoms with Crippen molar-refractivity contribution >= 4 is 17.6 Å². The van der Waals surface area contributed by atoms with E-state index in [2.05, 4.69) is 5.32 Å². The van der Waals surface area contributed by atoms with Crippen molar-refractivity contribution in [1.29, 1.82) is 0 Å². The molecule has 2 rings (SSSR count). The van der Waals surface area contributed by atoms with Crippen LogP contribution in [-0.4, -0.2) is 27.9 Å². The third kappa shape index (κ3) is 5.03. The van der Waals surface area contributed by atoms with Crippen LogP contribution < -0.4 is 5.32 Å². The molecule has 0 heterocycles. The van der Waals surface area contributed by atoms with E-state index in [1.165, 1.54) is 18.2 Å². The molecule has 0 aliphatic carbocycles. The highest BCUT2D eigenvalue weighted by Gasteiger charge is 2.35. The van der Waals surface area contributed by atoms with Crippen LogP contribution in [-0.2, 0) is 17.4 Å². The van der Waals surface area contributed by atoms with Gasteiger partial charge in [-0.05, 0) is 17.7 Å². The number of carboxylic acids is 1. The number of amides is 1. The molecule has 0 saturated heterocycles. The summed E-state index contributed by atoms with van der Waals surface area (Å²) in [6.45, 7) is 0. The molecule has 1 amide bonds. The van der Waals surface area contributed by atoms with Crippen LogP contribution in [0, 0.1) is 10.1 Å². The van der Waals surface area contributed by atoms with Crippen LogP contribution in [0.4, 0.5) is 18.9 Å². The molecule has 0 aromatic heterocycles. The van der Waals surface area contributed by atoms with E-state index in [0.717, 1.165) is 30.3 Å². The predicted molar refractivity (Wildman–Crippen MR) is 87.1 cm³/mol. The van der Waals surface area contributed by atoms with Crippen LogP contribution in [0.15, 0.2) is 48.5 Å². The van der Waals surface area contributed by atoms with Crippen LogP contribution >= 0.6 is 0 Å². The Morgan fingerprint density at radius 1 is 1.11 bits per heavy atom. The molecule has 2 aromatic rings. The summed E-state index contributed by atoms with van der Waals surface area (Å²) in [5.41, 5.74) is -1.71. The minimum atomic E-state index is -4.77. The van der Waals surface area contributed by atoms with E-state index in [0.29, 0.717) is 5.56 Å². The van der Waals surface area contributed by atoms with E-state index < -0.39 is 40.1 Å². The summed E-state index contributed by atoms with van der Waals surface area (Å²) in [4.78, 5) is 33.6. The molecule has 0 saturated carbocycles. The minimum Gasteiger partial charge on any atom is -0.480 e. The number of hydrogen-bond donors (Lipinski definition) is 2. The molecule has 0 bridgehead atoms. The Morgan fingerprint density at radius 3 is 2.22 bits per heavy atom. The fourth-order valence-corrected chi connectivity index (χ4v) is 2.35. The number of nitro groups is 1. The van der Waals surface area contributed by atoms with Crippen molar-refractivity contribution in [2.75, 3.05) is 0 Å². The lowest BCUT2D eigenvalue weighted by molar-refractivity contribution is -0.384. The Kier molecular flexibility index (Phi) is 5.78. The number of nitro benzene ring substituents is 1. The number of non-ortho nitro benzene ring substituents is 1. The van der Waals surface area contributed by atoms with Crippen molar-refractivity contribution in [2.24, 2.45) is 0 Å². The number of hydrogen-bond acceptors (Lipinski definition) is 4. The Balaban J connectivity index is 2.20. The van der Waals surface area contributed by atoms with Crippen LogP contribution in [0.2, 0.25) is 0 Å². The molecular weight excluding hydrogens is 369 g/mol. The van der Waals surface area contributed by atoms with E-state index in [4.69, 9.17) is 0 Å². The average molecular weight is 382 g/mol. The van der Waals surface area contributed by atoms with Crippen molar-refractivity contribution in [3.05, 3.63) is 75.3 Å². The third-order valence-corrected chi connectivity index (χ3v) is 3.67. The zero-order valence-electron chi connectivity index (χ0n) is 13.6. The summed E-state index contributed by atoms with van der Waals surface area (Å²) in [5, 5.41) is 21.9. The molecule has 0 unspecified atom stereocenters. The molecule has 142 valence electrons. The van der Waals surface area contributed by atoms with Crippen molar-refractivity contribution in [1.82, 2.24) is 5.32 Å². The van der Waals surface area contributed by atoms with Gasteiger partial charge < -0.3 is 10.4 Å². The average Bonchev–Trinajstić information content (AvgIpc) is 2.60. The molecule has 0 fully saturated rings. The molecule has 0 radical (unpaired) electrons. The maximum absolute atomic E-state index is 13.0. The number of aliphatic carboxylic acids is 1. The Bertz CT molecular complexity index is 866. The fraction of sp³-hybridized carbons (Fsp3) is 0.176. The first kappa shape index (κ1) is 19.9. The lowest BCUT2D eigenvalue weighted by Gasteiger charge is -2.17. The molecule has 2 aromatic carbocycles. The number of benzene rings is 2. The zero-order chi connectivity index (χ0) is 20.2. The van der Waals surface area contributed by atoms with Crippen molar-refractivity contribution in [2.45, 2.75) is 18.6 Å². The molecule has 0 aliphatic heterocycles. The summed E-state index contributed by atoms with van der Waals surface area (Å²) in [6, 6.07) is 7.45. The van der Waals surface area contributed by atoms with Crippen molar-refractivity contribution in [3.63, 3.8) is 0 Å². The van der Waals surface area contributed by atoms with Gasteiger partial charge in [-0.1, -0.05) is 24.3 Å². The maximum atomic E-state index is 13.0. The molecule has 27 heavy (non-hydrogen) atoms. The van der Waals surface area contributed by atoms with E-state index >= 15 is 0 Å². The number of nitrogens with zero attached hydrogens (tertiary/aromatic N) is 1. The fourth-order valence-electron chi connectivity index (χ4n) is 2.35. The SMILES string of the molecule is O=C(N[C@H](Cc1ccc([N+](=O)[O-])cc1)C(=O)O)c1ccccc1C(F)(F)F. The monoisotopic (exact) mass is 382 g/mol. The topological polar surface area (TPSA) is 110 Å². The smallest absolute Gasteiger partial charge is 0.417 e. The van der Waals surface area contributed by atoms with Gasteiger partial charge in [0, 0.05) is 18.6 Å². The van der Waals surface area contributed by atoms with E-state index in [1.54, 1.807) is 0 Å². The largest absolute Gasteiger partial charge is 0.480 e. The second-order valence-electron chi connectivity index (χ2n) is 5.54. The summed E-state index contributed by atoms with van der Waals surface area (Å²) >= 11 is 0. The van der Waals surface area contributed by atoms with Crippen molar-refractivity contribution in [3.8, 4) is 0 Å². The predicted octanol–water partition coefficient (Wildman–Crippen LogP) is 3.04. The van der Waals surface area contributed by atoms with Gasteiger partial charge in [-0.25, -0.2) is 4.79 Å². The van der Waals surface area contributed by atoms with Gasteiger partial charge in [0.05, 0.1) is 16.1 Å². The molecule has 2 N–H and O–H groups in total. The van der Waals surface area contributed by atoms with Crippen LogP contribution in [0.1, 0.15) is 21.5 Å². The van der Waals surface area contributed by atoms with Gasteiger partial charge in [-0.15, -0.1) is 0 Å². The van der Waals surface area contributed by atoms with Gasteiger partial charge in [0.2, 0.25) is 0 Å². The Hall–Kier alpha value is -3.43. The number of carbonyl (C=O) groups is 2. The van der Waals surface area contributed by atoms with Crippen LogP contribution in [0.5, 0.6) is 0 Å². The summed E-state index contributed by atoms with van der Waals surface area (Å²) in [7, 11) is 0. The number of halogens is 3. The van der Waals surface area contributed by atoms with Gasteiger partial charge in [0.15, 0.2) is 0 Å². The first-order chi connectivity index (χ1) is 12.6. The number of rotatable bonds is 6. The number of nitrogens with one attached hydrogen (secondary N) is 1. The Morgan fingerprint density at radius 2 is 1.70 bits per heavy atom. The second-order valence-corrected chi connectivity index (χ2v) is 5.54. The Labute approximate surface area is 150 Å². The van der Waals surface area contributed by atoms with Gasteiger partial charge in [0.1, 0.15) is 6.04 Å². The third-order valence-electron chi connectivity index (χ3n) is 3.67. The summed E-state index contributed by atoms with van der Waals surface area (Å²) < 4.78 is 39.0. The highest BCUT2D eigenvalue weighted by atomic mass is 19.4. The lowest BCUT2D eigenvalue weighted by atomic mass is 10.0. The molecule has 0 aliphatic rings. The van der Waals surface area contributed by atoms with Gasteiger partial charge >= 0.3 is 12.1 Å². The highest BCUT2D eigenvalue weighted by Crippen LogP contribution is 2.31. The number of carboxylic acid groups (broad SMARTS) is 1. The standard InChI is InChI=1S/C17H13F3N2O5/c18-17(19,20)13-4-2-1-3-12(13)15(23)21-14(16(24)25)9-10-5-7-11(8-6-10)22(26)27/h1-8,14H,9H2,(H,21,23)(H,24,25)/t14-/m1/s1. The molecule has 7 nitrogen and oxygen atoms in total. The number of alkyl halides is 3. The van der Waals surface area contributed by atoms with Gasteiger partial charge in [0.25, 0.3) is 11.6 Å². The minimum absolute atomic E-state index is 0.200. The number of carbonyl (C=O) groups excluding carboxylic acids is 1. The van der Waals surface area contributed by atoms with Crippen LogP contribution in [0.25, 0.3) is 0 Å². The maximum Gasteiger partial charge on any atom is 0.417 e.